The highest BCUT2D eigenvalue weighted by molar-refractivity contribution is 5.85. The molecule has 6 heteroatoms. The van der Waals surface area contributed by atoms with Gasteiger partial charge in [0.25, 0.3) is 0 Å². The molecule has 98 valence electrons. The van der Waals surface area contributed by atoms with Crippen LogP contribution in [-0.2, 0) is 11.3 Å². The lowest BCUT2D eigenvalue weighted by Crippen LogP contribution is -2.40. The van der Waals surface area contributed by atoms with Crippen LogP contribution < -0.4 is 11.1 Å². The van der Waals surface area contributed by atoms with Crippen molar-refractivity contribution in [2.24, 2.45) is 5.73 Å². The van der Waals surface area contributed by atoms with E-state index < -0.39 is 6.09 Å². The van der Waals surface area contributed by atoms with Gasteiger partial charge in [0.1, 0.15) is 6.61 Å². The molecule has 5 nitrogen and oxygen atoms in total. The van der Waals surface area contributed by atoms with Gasteiger partial charge in [-0.15, -0.1) is 12.4 Å². The van der Waals surface area contributed by atoms with E-state index in [4.69, 9.17) is 15.7 Å². The summed E-state index contributed by atoms with van der Waals surface area (Å²) < 4.78 is 4.99. The van der Waals surface area contributed by atoms with E-state index in [1.54, 1.807) is 0 Å². The molecule has 0 bridgehead atoms. The lowest BCUT2D eigenvalue weighted by molar-refractivity contribution is 0.136. The summed E-state index contributed by atoms with van der Waals surface area (Å²) in [7, 11) is 0. The number of hydrogen-bond donors (Lipinski definition) is 2. The third kappa shape index (κ3) is 6.09. The molecule has 1 unspecified atom stereocenters. The highest BCUT2D eigenvalue weighted by Gasteiger charge is 2.10. The maximum atomic E-state index is 11.4. The first-order valence-electron chi connectivity index (χ1n) is 5.30. The van der Waals surface area contributed by atoms with E-state index in [2.05, 4.69) is 5.32 Å². The second-order valence-electron chi connectivity index (χ2n) is 3.50. The van der Waals surface area contributed by atoms with Crippen LogP contribution in [0.4, 0.5) is 4.79 Å². The molecule has 0 aromatic heterocycles. The fourth-order valence-electron chi connectivity index (χ4n) is 1.23. The SMILES string of the molecule is Cl.N#CCC(CN)NC(=O)OCc1ccccc1. The molecule has 0 spiro atoms. The summed E-state index contributed by atoms with van der Waals surface area (Å²) in [5, 5.41) is 11.0. The number of nitrogens with zero attached hydrogens (tertiary/aromatic N) is 1. The van der Waals surface area contributed by atoms with E-state index >= 15 is 0 Å². The second-order valence-corrected chi connectivity index (χ2v) is 3.50. The molecule has 1 amide bonds. The smallest absolute Gasteiger partial charge is 0.407 e. The first kappa shape index (κ1) is 16.2. The van der Waals surface area contributed by atoms with E-state index in [0.29, 0.717) is 0 Å². The molecule has 1 rings (SSSR count). The van der Waals surface area contributed by atoms with Gasteiger partial charge in [-0.05, 0) is 5.56 Å². The van der Waals surface area contributed by atoms with Crippen LogP contribution >= 0.6 is 12.4 Å². The Labute approximate surface area is 112 Å². The summed E-state index contributed by atoms with van der Waals surface area (Å²) >= 11 is 0. The number of rotatable bonds is 5. The predicted octanol–water partition coefficient (Wildman–Crippen LogP) is 1.58. The first-order chi connectivity index (χ1) is 8.26. The van der Waals surface area contributed by atoms with E-state index in [1.807, 2.05) is 36.4 Å². The Hall–Kier alpha value is -1.77. The van der Waals surface area contributed by atoms with Gasteiger partial charge in [0.2, 0.25) is 0 Å². The zero-order chi connectivity index (χ0) is 12.5. The number of nitrogens with one attached hydrogen (secondary N) is 1. The number of amides is 1. The highest BCUT2D eigenvalue weighted by atomic mass is 35.5. The van der Waals surface area contributed by atoms with Crippen LogP contribution in [0.5, 0.6) is 0 Å². The van der Waals surface area contributed by atoms with E-state index in [-0.39, 0.29) is 38.0 Å². The van der Waals surface area contributed by atoms with Crippen molar-refractivity contribution in [2.75, 3.05) is 6.54 Å². The predicted molar refractivity (Wildman–Crippen MR) is 70.1 cm³/mol. The van der Waals surface area contributed by atoms with Crippen molar-refractivity contribution >= 4 is 18.5 Å². The van der Waals surface area contributed by atoms with E-state index in [9.17, 15) is 4.79 Å². The van der Waals surface area contributed by atoms with Gasteiger partial charge < -0.3 is 15.8 Å². The molecule has 0 aliphatic carbocycles. The van der Waals surface area contributed by atoms with Crippen molar-refractivity contribution in [3.8, 4) is 6.07 Å². The monoisotopic (exact) mass is 269 g/mol. The number of ether oxygens (including phenoxy) is 1. The number of alkyl carbamates (subject to hydrolysis) is 1. The summed E-state index contributed by atoms with van der Waals surface area (Å²) in [4.78, 5) is 11.4. The van der Waals surface area contributed by atoms with E-state index in [1.165, 1.54) is 0 Å². The molecule has 18 heavy (non-hydrogen) atoms. The molecular formula is C12H16ClN3O2. The fraction of sp³-hybridized carbons (Fsp3) is 0.333. The van der Waals surface area contributed by atoms with Gasteiger partial charge in [-0.3, -0.25) is 0 Å². The van der Waals surface area contributed by atoms with Gasteiger partial charge in [0, 0.05) is 6.54 Å². The first-order valence-corrected chi connectivity index (χ1v) is 5.30. The van der Waals surface area contributed by atoms with Gasteiger partial charge in [-0.25, -0.2) is 4.79 Å². The number of carbonyl (C=O) groups excluding carboxylic acids is 1. The Morgan fingerprint density at radius 3 is 2.67 bits per heavy atom. The number of benzene rings is 1. The molecule has 0 fully saturated rings. The molecule has 1 aromatic carbocycles. The van der Waals surface area contributed by atoms with Crippen molar-refractivity contribution in [3.63, 3.8) is 0 Å². The topological polar surface area (TPSA) is 88.1 Å². The minimum Gasteiger partial charge on any atom is -0.445 e. The zero-order valence-corrected chi connectivity index (χ0v) is 10.7. The van der Waals surface area contributed by atoms with Gasteiger partial charge in [0.15, 0.2) is 0 Å². The van der Waals surface area contributed by atoms with Crippen LogP contribution in [0.1, 0.15) is 12.0 Å². The molecule has 0 radical (unpaired) electrons. The minimum absolute atomic E-state index is 0. The van der Waals surface area contributed by atoms with Crippen molar-refractivity contribution in [2.45, 2.75) is 19.1 Å². The summed E-state index contributed by atoms with van der Waals surface area (Å²) in [6, 6.07) is 10.9. The number of carbonyl (C=O) groups is 1. The molecule has 0 heterocycles. The third-order valence-corrected chi connectivity index (χ3v) is 2.16. The molecular weight excluding hydrogens is 254 g/mol. The van der Waals surface area contributed by atoms with Crippen LogP contribution in [0.25, 0.3) is 0 Å². The summed E-state index contributed by atoms with van der Waals surface area (Å²) in [6.07, 6.45) is -0.378. The number of nitrogens with two attached hydrogens (primary N) is 1. The average Bonchev–Trinajstić information content (AvgIpc) is 2.37. The fourth-order valence-corrected chi connectivity index (χ4v) is 1.23. The Bertz CT molecular complexity index is 392. The van der Waals surface area contributed by atoms with Gasteiger partial charge in [-0.2, -0.15) is 5.26 Å². The maximum Gasteiger partial charge on any atom is 0.407 e. The average molecular weight is 270 g/mol. The van der Waals surface area contributed by atoms with Crippen molar-refractivity contribution in [1.29, 1.82) is 5.26 Å². The minimum atomic E-state index is -0.556. The van der Waals surface area contributed by atoms with Crippen molar-refractivity contribution < 1.29 is 9.53 Å². The molecule has 0 aliphatic heterocycles. The molecule has 1 atom stereocenters. The molecule has 0 aliphatic rings. The number of halogens is 1. The largest absolute Gasteiger partial charge is 0.445 e. The third-order valence-electron chi connectivity index (χ3n) is 2.16. The van der Waals surface area contributed by atoms with E-state index in [0.717, 1.165) is 5.56 Å². The standard InChI is InChI=1S/C12H15N3O2.ClH/c13-7-6-11(8-14)15-12(16)17-9-10-4-2-1-3-5-10;/h1-5,11H,6,8-9,14H2,(H,15,16);1H. The van der Waals surface area contributed by atoms with Crippen LogP contribution in [0.15, 0.2) is 30.3 Å². The summed E-state index contributed by atoms with van der Waals surface area (Å²) in [6.45, 7) is 0.421. The van der Waals surface area contributed by atoms with Crippen LogP contribution in [0, 0.1) is 11.3 Å². The molecule has 1 aromatic rings. The molecule has 0 saturated heterocycles. The molecule has 3 N–H and O–H groups in total. The van der Waals surface area contributed by atoms with Gasteiger partial charge in [0.05, 0.1) is 18.5 Å². The lowest BCUT2D eigenvalue weighted by atomic mass is 10.2. The zero-order valence-electron chi connectivity index (χ0n) is 9.83. The maximum absolute atomic E-state index is 11.4. The lowest BCUT2D eigenvalue weighted by Gasteiger charge is -2.13. The quantitative estimate of drug-likeness (QED) is 0.849. The van der Waals surface area contributed by atoms with Crippen molar-refractivity contribution in [1.82, 2.24) is 5.32 Å². The van der Waals surface area contributed by atoms with Crippen LogP contribution in [-0.4, -0.2) is 18.7 Å². The van der Waals surface area contributed by atoms with Gasteiger partial charge >= 0.3 is 6.09 Å². The van der Waals surface area contributed by atoms with Crippen molar-refractivity contribution in [3.05, 3.63) is 35.9 Å². The normalized spacial score (nSPS) is 10.7. The van der Waals surface area contributed by atoms with Crippen LogP contribution in [0.3, 0.4) is 0 Å². The Morgan fingerprint density at radius 2 is 2.11 bits per heavy atom. The number of nitriles is 1. The molecule has 0 saturated carbocycles. The van der Waals surface area contributed by atoms with Gasteiger partial charge in [-0.1, -0.05) is 30.3 Å². The second kappa shape index (κ2) is 9.28. The Balaban J connectivity index is 0.00000289. The van der Waals surface area contributed by atoms with Crippen LogP contribution in [0.2, 0.25) is 0 Å². The number of hydrogen-bond acceptors (Lipinski definition) is 4. The Kier molecular flexibility index (Phi) is 8.37. The summed E-state index contributed by atoms with van der Waals surface area (Å²) in [5.74, 6) is 0. The highest BCUT2D eigenvalue weighted by Crippen LogP contribution is 2.00. The Morgan fingerprint density at radius 1 is 1.44 bits per heavy atom. The summed E-state index contributed by atoms with van der Waals surface area (Å²) in [5.41, 5.74) is 6.30.